The van der Waals surface area contributed by atoms with Crippen LogP contribution in [0, 0.1) is 0 Å². The summed E-state index contributed by atoms with van der Waals surface area (Å²) in [5.74, 6) is -0.0902. The number of carbonyl (C=O) groups excluding carboxylic acids is 1. The quantitative estimate of drug-likeness (QED) is 0.311. The van der Waals surface area contributed by atoms with Crippen LogP contribution in [-0.4, -0.2) is 36.3 Å². The van der Waals surface area contributed by atoms with Crippen LogP contribution in [0.2, 0.25) is 0 Å². The van der Waals surface area contributed by atoms with E-state index in [1.54, 1.807) is 17.8 Å². The number of anilines is 2. The molecule has 8 nitrogen and oxygen atoms in total. The molecule has 0 spiro atoms. The molecule has 0 atom stereocenters. The van der Waals surface area contributed by atoms with Gasteiger partial charge in [0.05, 0.1) is 17.0 Å². The lowest BCUT2D eigenvalue weighted by atomic mass is 10.1. The van der Waals surface area contributed by atoms with Gasteiger partial charge in [0.25, 0.3) is 15.9 Å². The summed E-state index contributed by atoms with van der Waals surface area (Å²) in [7, 11) is -3.73. The van der Waals surface area contributed by atoms with E-state index in [0.29, 0.717) is 36.2 Å². The topological polar surface area (TPSA) is 105 Å². The summed E-state index contributed by atoms with van der Waals surface area (Å²) in [6.45, 7) is 4.69. The highest BCUT2D eigenvalue weighted by Gasteiger charge is 2.30. The van der Waals surface area contributed by atoms with E-state index in [2.05, 4.69) is 41.5 Å². The van der Waals surface area contributed by atoms with Gasteiger partial charge in [-0.1, -0.05) is 49.3 Å². The molecule has 0 radical (unpaired) electrons. The maximum Gasteiger partial charge on any atom is 0.322 e. The summed E-state index contributed by atoms with van der Waals surface area (Å²) < 4.78 is 33.4. The van der Waals surface area contributed by atoms with E-state index in [0.717, 1.165) is 11.1 Å². The molecule has 1 aliphatic heterocycles. The number of nitrogens with zero attached hydrogens (tertiary/aromatic N) is 3. The number of amides is 1. The number of rotatable bonds is 8. The van der Waals surface area contributed by atoms with E-state index in [1.807, 2.05) is 30.3 Å². The van der Waals surface area contributed by atoms with Gasteiger partial charge in [-0.15, -0.1) is 16.9 Å². The minimum atomic E-state index is -3.73. The maximum absolute atomic E-state index is 13.2. The van der Waals surface area contributed by atoms with Crippen molar-refractivity contribution in [2.24, 2.45) is 0 Å². The Labute approximate surface area is 220 Å². The number of fused-ring (bicyclic) bond motifs is 1. The fourth-order valence-electron chi connectivity index (χ4n) is 4.14. The summed E-state index contributed by atoms with van der Waals surface area (Å²) in [6.07, 6.45) is 1.12. The predicted octanol–water partition coefficient (Wildman–Crippen LogP) is 5.16. The Morgan fingerprint density at radius 2 is 1.76 bits per heavy atom. The number of nitrogens with one attached hydrogen (secondary N) is 1. The minimum Gasteiger partial charge on any atom is -0.407 e. The third-order valence-electron chi connectivity index (χ3n) is 5.89. The number of benzene rings is 3. The molecule has 4 aromatic rings. The summed E-state index contributed by atoms with van der Waals surface area (Å²) in [6, 6.07) is 21.4. The zero-order valence-corrected chi connectivity index (χ0v) is 22.1. The Morgan fingerprint density at radius 1 is 1.03 bits per heavy atom. The standard InChI is InChI=1S/C27H26N4O4S2/c1-18(2)36-22-11-7-19(8-12-22)17-25-29-30-27(35-25)28-26(32)21-9-13-23(14-10-21)37(33,34)31-16-15-20-5-3-4-6-24(20)31/h3-14,18H,15-17H2,1-2H3,(H,28,30,32). The zero-order chi connectivity index (χ0) is 26.0. The SMILES string of the molecule is CC(C)Sc1ccc(Cc2nnc(NC(=O)c3ccc(S(=O)(=O)N4CCc5ccccc54)cc3)o2)cc1. The van der Waals surface area contributed by atoms with Gasteiger partial charge in [-0.3, -0.25) is 14.4 Å². The number of para-hydroxylation sites is 1. The zero-order valence-electron chi connectivity index (χ0n) is 20.4. The Kier molecular flexibility index (Phi) is 7.03. The molecule has 0 fully saturated rings. The first-order valence-corrected chi connectivity index (χ1v) is 14.2. The largest absolute Gasteiger partial charge is 0.407 e. The van der Waals surface area contributed by atoms with Gasteiger partial charge >= 0.3 is 6.01 Å². The Balaban J connectivity index is 1.22. The Morgan fingerprint density at radius 3 is 2.49 bits per heavy atom. The lowest BCUT2D eigenvalue weighted by Gasteiger charge is -2.19. The van der Waals surface area contributed by atoms with Crippen molar-refractivity contribution in [3.8, 4) is 0 Å². The van der Waals surface area contributed by atoms with E-state index in [4.69, 9.17) is 4.42 Å². The number of sulfonamides is 1. The molecule has 37 heavy (non-hydrogen) atoms. The van der Waals surface area contributed by atoms with Crippen molar-refractivity contribution in [1.82, 2.24) is 10.2 Å². The van der Waals surface area contributed by atoms with Crippen molar-refractivity contribution in [3.63, 3.8) is 0 Å². The van der Waals surface area contributed by atoms with Crippen molar-refractivity contribution >= 4 is 39.4 Å². The van der Waals surface area contributed by atoms with Gasteiger partial charge in [-0.05, 0) is 60.0 Å². The molecule has 2 heterocycles. The van der Waals surface area contributed by atoms with Gasteiger partial charge < -0.3 is 4.42 Å². The van der Waals surface area contributed by atoms with Gasteiger partial charge in [0, 0.05) is 22.3 Å². The Bertz CT molecular complexity index is 1510. The lowest BCUT2D eigenvalue weighted by Crippen LogP contribution is -2.29. The molecular weight excluding hydrogens is 508 g/mol. The molecule has 0 bridgehead atoms. The van der Waals surface area contributed by atoms with Crippen LogP contribution >= 0.6 is 11.8 Å². The highest BCUT2D eigenvalue weighted by Crippen LogP contribution is 2.32. The first-order chi connectivity index (χ1) is 17.8. The summed E-state index contributed by atoms with van der Waals surface area (Å²) >= 11 is 1.79. The molecule has 5 rings (SSSR count). The van der Waals surface area contributed by atoms with Crippen LogP contribution in [0.5, 0.6) is 0 Å². The first-order valence-electron chi connectivity index (χ1n) is 11.9. The first kappa shape index (κ1) is 25.0. The average molecular weight is 535 g/mol. The summed E-state index contributed by atoms with van der Waals surface area (Å²) in [5, 5.41) is 11.0. The molecule has 10 heteroatoms. The molecule has 0 aliphatic carbocycles. The molecular formula is C27H26N4O4S2. The smallest absolute Gasteiger partial charge is 0.322 e. The van der Waals surface area contributed by atoms with Crippen molar-refractivity contribution in [2.45, 2.75) is 41.7 Å². The molecule has 1 N–H and O–H groups in total. The van der Waals surface area contributed by atoms with Crippen LogP contribution in [-0.2, 0) is 22.9 Å². The third kappa shape index (κ3) is 5.55. The second kappa shape index (κ2) is 10.4. The third-order valence-corrected chi connectivity index (χ3v) is 8.73. The number of carbonyl (C=O) groups is 1. The van der Waals surface area contributed by atoms with E-state index in [1.165, 1.54) is 33.5 Å². The fourth-order valence-corrected chi connectivity index (χ4v) is 6.48. The average Bonchev–Trinajstić information content (AvgIpc) is 3.52. The molecule has 1 amide bonds. The van der Waals surface area contributed by atoms with Crippen LogP contribution in [0.1, 0.15) is 41.2 Å². The van der Waals surface area contributed by atoms with Crippen molar-refractivity contribution in [3.05, 3.63) is 95.4 Å². The van der Waals surface area contributed by atoms with Crippen LogP contribution in [0.3, 0.4) is 0 Å². The highest BCUT2D eigenvalue weighted by molar-refractivity contribution is 7.99. The van der Waals surface area contributed by atoms with Gasteiger partial charge in [0.1, 0.15) is 0 Å². The van der Waals surface area contributed by atoms with E-state index in [-0.39, 0.29) is 16.5 Å². The van der Waals surface area contributed by atoms with E-state index in [9.17, 15) is 13.2 Å². The molecule has 0 unspecified atom stereocenters. The number of thioether (sulfide) groups is 1. The molecule has 1 aromatic heterocycles. The molecule has 3 aromatic carbocycles. The highest BCUT2D eigenvalue weighted by atomic mass is 32.2. The number of hydrogen-bond acceptors (Lipinski definition) is 7. The number of aromatic nitrogens is 2. The monoisotopic (exact) mass is 534 g/mol. The van der Waals surface area contributed by atoms with E-state index >= 15 is 0 Å². The van der Waals surface area contributed by atoms with Gasteiger partial charge in [0.15, 0.2) is 0 Å². The number of hydrogen-bond donors (Lipinski definition) is 1. The second-order valence-corrected chi connectivity index (χ2v) is 12.4. The van der Waals surface area contributed by atoms with Crippen LogP contribution in [0.4, 0.5) is 11.7 Å². The minimum absolute atomic E-state index is 0.0163. The Hall–Kier alpha value is -3.63. The lowest BCUT2D eigenvalue weighted by molar-refractivity contribution is 0.102. The summed E-state index contributed by atoms with van der Waals surface area (Å²) in [5.41, 5.74) is 3.00. The van der Waals surface area contributed by atoms with Crippen molar-refractivity contribution < 1.29 is 17.6 Å². The normalized spacial score (nSPS) is 13.1. The van der Waals surface area contributed by atoms with Crippen LogP contribution < -0.4 is 9.62 Å². The summed E-state index contributed by atoms with van der Waals surface area (Å²) in [4.78, 5) is 14.0. The second-order valence-electron chi connectivity index (χ2n) is 8.92. The van der Waals surface area contributed by atoms with Gasteiger partial charge in [0.2, 0.25) is 5.89 Å². The maximum atomic E-state index is 13.2. The van der Waals surface area contributed by atoms with Crippen LogP contribution in [0.15, 0.2) is 87.0 Å². The van der Waals surface area contributed by atoms with Gasteiger partial charge in [-0.2, -0.15) is 0 Å². The molecule has 1 aliphatic rings. The van der Waals surface area contributed by atoms with E-state index < -0.39 is 15.9 Å². The predicted molar refractivity (Wildman–Crippen MR) is 144 cm³/mol. The van der Waals surface area contributed by atoms with Crippen LogP contribution in [0.25, 0.3) is 0 Å². The van der Waals surface area contributed by atoms with Crippen molar-refractivity contribution in [1.29, 1.82) is 0 Å². The van der Waals surface area contributed by atoms with Gasteiger partial charge in [-0.25, -0.2) is 8.42 Å². The van der Waals surface area contributed by atoms with Crippen molar-refractivity contribution in [2.75, 3.05) is 16.2 Å². The fraction of sp³-hybridized carbons (Fsp3) is 0.222. The molecule has 0 saturated heterocycles. The molecule has 190 valence electrons. The molecule has 0 saturated carbocycles.